The van der Waals surface area contributed by atoms with Gasteiger partial charge in [0, 0.05) is 20.0 Å². The van der Waals surface area contributed by atoms with Crippen molar-refractivity contribution in [1.82, 2.24) is 15.2 Å². The highest BCUT2D eigenvalue weighted by molar-refractivity contribution is 5.81. The molecule has 0 fully saturated rings. The molecule has 0 aliphatic heterocycles. The normalized spacial score (nSPS) is 12.8. The summed E-state index contributed by atoms with van der Waals surface area (Å²) in [5, 5.41) is 15.4. The smallest absolute Gasteiger partial charge is 0.419 e. The van der Waals surface area contributed by atoms with Crippen molar-refractivity contribution in [2.75, 3.05) is 6.54 Å². The van der Waals surface area contributed by atoms with E-state index in [2.05, 4.69) is 16.7 Å². The van der Waals surface area contributed by atoms with Crippen LogP contribution < -0.4 is 16.4 Å². The number of carbonyl (C=O) groups excluding carboxylic acids is 2. The van der Waals surface area contributed by atoms with Gasteiger partial charge in [-0.15, -0.1) is 0 Å². The molecule has 2 N–H and O–H groups in total. The molecule has 0 saturated heterocycles. The first-order chi connectivity index (χ1) is 19.9. The van der Waals surface area contributed by atoms with Crippen molar-refractivity contribution in [3.63, 3.8) is 0 Å². The van der Waals surface area contributed by atoms with E-state index in [1.807, 2.05) is 67.6 Å². The molecule has 218 valence electrons. The maximum absolute atomic E-state index is 13.4. The number of hydrogen-bond acceptors (Lipinski definition) is 6. The first-order valence-electron chi connectivity index (χ1n) is 13.8. The van der Waals surface area contributed by atoms with E-state index in [0.29, 0.717) is 23.9 Å². The van der Waals surface area contributed by atoms with E-state index in [1.165, 1.54) is 4.57 Å². The van der Waals surface area contributed by atoms with E-state index < -0.39 is 29.4 Å². The van der Waals surface area contributed by atoms with Crippen molar-refractivity contribution in [2.24, 2.45) is 13.0 Å². The van der Waals surface area contributed by atoms with E-state index in [4.69, 9.17) is 9.15 Å². The van der Waals surface area contributed by atoms with Gasteiger partial charge in [0.2, 0.25) is 5.91 Å². The van der Waals surface area contributed by atoms with Crippen LogP contribution in [0.1, 0.15) is 37.5 Å². The lowest BCUT2D eigenvalue weighted by Gasteiger charge is -2.23. The molecule has 0 aliphatic carbocycles. The van der Waals surface area contributed by atoms with Gasteiger partial charge in [-0.25, -0.2) is 9.59 Å². The van der Waals surface area contributed by atoms with Gasteiger partial charge in [0.05, 0.1) is 17.5 Å². The molecule has 0 spiro atoms. The summed E-state index contributed by atoms with van der Waals surface area (Å²) >= 11 is 0. The number of nitriles is 1. The van der Waals surface area contributed by atoms with Crippen molar-refractivity contribution < 1.29 is 18.7 Å². The molecular weight excluding hydrogens is 532 g/mol. The fourth-order valence-electron chi connectivity index (χ4n) is 4.68. The van der Waals surface area contributed by atoms with Crippen molar-refractivity contribution in [2.45, 2.75) is 52.2 Å². The third kappa shape index (κ3) is 7.67. The topological polar surface area (TPSA) is 126 Å². The molecular formula is C33H36N4O5. The average molecular weight is 569 g/mol. The fourth-order valence-corrected chi connectivity index (χ4v) is 4.68. The standard InChI is InChI=1S/C33H36N4O5/c1-21-8-6-7-9-24(21)17-26(20-35-31(39)42-33(2,3)4)30(38)36-27(19-34)16-22-10-12-23(13-11-22)25-14-15-29-28(18-25)37(5)32(40)41-29/h6-15,18,26-27H,16-17,20H2,1-5H3,(H,35,39)(H,36,38)/t26?,27-/m0/s1. The second-order valence-electron chi connectivity index (χ2n) is 11.4. The van der Waals surface area contributed by atoms with E-state index in [0.717, 1.165) is 27.8 Å². The Balaban J connectivity index is 1.44. The monoisotopic (exact) mass is 568 g/mol. The van der Waals surface area contributed by atoms with Crippen LogP contribution in [0, 0.1) is 24.2 Å². The second-order valence-corrected chi connectivity index (χ2v) is 11.4. The van der Waals surface area contributed by atoms with Crippen LogP contribution in [0.4, 0.5) is 4.79 Å². The van der Waals surface area contributed by atoms with Crippen LogP contribution in [0.15, 0.2) is 75.9 Å². The minimum Gasteiger partial charge on any atom is -0.444 e. The molecule has 0 aliphatic rings. The number of fused-ring (bicyclic) bond motifs is 1. The van der Waals surface area contributed by atoms with Crippen LogP contribution >= 0.6 is 0 Å². The summed E-state index contributed by atoms with van der Waals surface area (Å²) in [5.41, 5.74) is 5.34. The van der Waals surface area contributed by atoms with Gasteiger partial charge in [-0.05, 0) is 74.1 Å². The molecule has 4 aromatic rings. The predicted octanol–water partition coefficient (Wildman–Crippen LogP) is 5.04. The zero-order valence-electron chi connectivity index (χ0n) is 24.6. The molecule has 9 heteroatoms. The molecule has 2 atom stereocenters. The Labute approximate surface area is 245 Å². The number of amides is 2. The number of ether oxygens (including phenoxy) is 1. The van der Waals surface area contributed by atoms with Gasteiger partial charge in [0.15, 0.2) is 5.58 Å². The highest BCUT2D eigenvalue weighted by Gasteiger charge is 2.25. The van der Waals surface area contributed by atoms with E-state index in [9.17, 15) is 19.6 Å². The lowest BCUT2D eigenvalue weighted by molar-refractivity contribution is -0.125. The third-order valence-corrected chi connectivity index (χ3v) is 6.98. The van der Waals surface area contributed by atoms with Gasteiger partial charge in [-0.2, -0.15) is 5.26 Å². The van der Waals surface area contributed by atoms with Crippen molar-refractivity contribution in [3.8, 4) is 17.2 Å². The number of aryl methyl sites for hydroxylation is 2. The Bertz CT molecular complexity index is 1670. The zero-order chi connectivity index (χ0) is 30.4. The Morgan fingerprint density at radius 3 is 2.38 bits per heavy atom. The van der Waals surface area contributed by atoms with Crippen molar-refractivity contribution in [3.05, 3.63) is 94.0 Å². The molecule has 0 bridgehead atoms. The molecule has 0 radical (unpaired) electrons. The Morgan fingerprint density at radius 2 is 1.71 bits per heavy atom. The molecule has 1 unspecified atom stereocenters. The van der Waals surface area contributed by atoms with Crippen LogP contribution in [0.5, 0.6) is 0 Å². The van der Waals surface area contributed by atoms with Gasteiger partial charge in [-0.1, -0.05) is 54.6 Å². The molecule has 2 amide bonds. The Kier molecular flexibility index (Phi) is 9.16. The van der Waals surface area contributed by atoms with Gasteiger partial charge >= 0.3 is 11.8 Å². The summed E-state index contributed by atoms with van der Waals surface area (Å²) in [6.07, 6.45) is 0.110. The first-order valence-corrected chi connectivity index (χ1v) is 13.8. The SMILES string of the molecule is Cc1ccccc1CC(CNC(=O)OC(C)(C)C)C(=O)N[C@H](C#N)Cc1ccc(-c2ccc3oc(=O)n(C)c3c2)cc1. The highest BCUT2D eigenvalue weighted by atomic mass is 16.6. The summed E-state index contributed by atoms with van der Waals surface area (Å²) < 4.78 is 12.0. The van der Waals surface area contributed by atoms with Crippen molar-refractivity contribution >= 4 is 23.1 Å². The molecule has 1 aromatic heterocycles. The minimum atomic E-state index is -0.763. The van der Waals surface area contributed by atoms with Crippen LogP contribution in [0.2, 0.25) is 0 Å². The number of rotatable bonds is 9. The van der Waals surface area contributed by atoms with Gasteiger partial charge < -0.3 is 19.8 Å². The van der Waals surface area contributed by atoms with E-state index >= 15 is 0 Å². The number of nitrogens with zero attached hydrogens (tertiary/aromatic N) is 2. The lowest BCUT2D eigenvalue weighted by atomic mass is 9.94. The number of aromatic nitrogens is 1. The van der Waals surface area contributed by atoms with E-state index in [-0.39, 0.29) is 12.5 Å². The minimum absolute atomic E-state index is 0.0640. The second kappa shape index (κ2) is 12.8. The van der Waals surface area contributed by atoms with Crippen LogP contribution in [-0.2, 0) is 29.4 Å². The number of oxazole rings is 1. The number of carbonyl (C=O) groups is 2. The lowest BCUT2D eigenvalue weighted by Crippen LogP contribution is -2.45. The summed E-state index contributed by atoms with van der Waals surface area (Å²) in [6, 6.07) is 22.5. The summed E-state index contributed by atoms with van der Waals surface area (Å²) in [7, 11) is 1.66. The van der Waals surface area contributed by atoms with Gasteiger partial charge in [-0.3, -0.25) is 9.36 Å². The largest absolute Gasteiger partial charge is 0.444 e. The first kappa shape index (κ1) is 30.1. The average Bonchev–Trinajstić information content (AvgIpc) is 3.23. The Morgan fingerprint density at radius 1 is 1.02 bits per heavy atom. The predicted molar refractivity (Wildman–Crippen MR) is 161 cm³/mol. The number of alkyl carbamates (subject to hydrolysis) is 1. The van der Waals surface area contributed by atoms with Crippen LogP contribution in [0.3, 0.4) is 0 Å². The summed E-state index contributed by atoms with van der Waals surface area (Å²) in [4.78, 5) is 37.5. The molecule has 0 saturated carbocycles. The molecule has 42 heavy (non-hydrogen) atoms. The molecule has 4 rings (SSSR count). The number of nitrogens with one attached hydrogen (secondary N) is 2. The summed E-state index contributed by atoms with van der Waals surface area (Å²) in [5.74, 6) is -1.34. The Hall–Kier alpha value is -4.84. The molecule has 3 aromatic carbocycles. The van der Waals surface area contributed by atoms with Gasteiger partial charge in [0.25, 0.3) is 0 Å². The van der Waals surface area contributed by atoms with Crippen molar-refractivity contribution in [1.29, 1.82) is 5.26 Å². The zero-order valence-corrected chi connectivity index (χ0v) is 24.6. The van der Waals surface area contributed by atoms with Gasteiger partial charge in [0.1, 0.15) is 11.6 Å². The highest BCUT2D eigenvalue weighted by Crippen LogP contribution is 2.24. The van der Waals surface area contributed by atoms with Crippen LogP contribution in [-0.4, -0.2) is 34.8 Å². The third-order valence-electron chi connectivity index (χ3n) is 6.98. The maximum atomic E-state index is 13.4. The number of hydrogen-bond donors (Lipinski definition) is 2. The number of benzene rings is 3. The fraction of sp³-hybridized carbons (Fsp3) is 0.333. The van der Waals surface area contributed by atoms with Crippen LogP contribution in [0.25, 0.3) is 22.2 Å². The summed E-state index contributed by atoms with van der Waals surface area (Å²) in [6.45, 7) is 7.36. The maximum Gasteiger partial charge on any atom is 0.419 e. The molecule has 9 nitrogen and oxygen atoms in total. The quantitative estimate of drug-likeness (QED) is 0.291. The molecule has 1 heterocycles. The van der Waals surface area contributed by atoms with E-state index in [1.54, 1.807) is 33.9 Å².